The van der Waals surface area contributed by atoms with E-state index in [4.69, 9.17) is 10.5 Å². The highest BCUT2D eigenvalue weighted by molar-refractivity contribution is 5.75. The van der Waals surface area contributed by atoms with E-state index in [2.05, 4.69) is 9.97 Å². The van der Waals surface area contributed by atoms with Crippen molar-refractivity contribution in [1.82, 2.24) is 9.97 Å². The zero-order chi connectivity index (χ0) is 12.4. The van der Waals surface area contributed by atoms with Gasteiger partial charge in [-0.2, -0.15) is 0 Å². The Labute approximate surface area is 98.3 Å². The normalized spacial score (nSPS) is 10.3. The number of nitrogens with zero attached hydrogens (tertiary/aromatic N) is 2. The molecule has 0 spiro atoms. The molecular formula is C12H12FN3O. The van der Waals surface area contributed by atoms with Crippen LogP contribution in [0, 0.1) is 12.7 Å². The van der Waals surface area contributed by atoms with Crippen LogP contribution in [0.15, 0.2) is 24.5 Å². The summed E-state index contributed by atoms with van der Waals surface area (Å²) in [5.74, 6) is 0.0940. The van der Waals surface area contributed by atoms with Gasteiger partial charge in [0.05, 0.1) is 12.8 Å². The Hall–Kier alpha value is -2.17. The fourth-order valence-corrected chi connectivity index (χ4v) is 1.67. The number of rotatable bonds is 2. The smallest absolute Gasteiger partial charge is 0.165 e. The van der Waals surface area contributed by atoms with E-state index in [1.165, 1.54) is 19.5 Å². The molecular weight excluding hydrogens is 221 g/mol. The largest absolute Gasteiger partial charge is 0.494 e. The van der Waals surface area contributed by atoms with Crippen LogP contribution in [0.25, 0.3) is 11.1 Å². The lowest BCUT2D eigenvalue weighted by Gasteiger charge is -2.09. The van der Waals surface area contributed by atoms with Crippen LogP contribution in [0.2, 0.25) is 0 Å². The number of hydrogen-bond acceptors (Lipinski definition) is 4. The van der Waals surface area contributed by atoms with Gasteiger partial charge in [-0.15, -0.1) is 0 Å². The van der Waals surface area contributed by atoms with Crippen molar-refractivity contribution in [2.45, 2.75) is 6.92 Å². The Kier molecular flexibility index (Phi) is 2.91. The van der Waals surface area contributed by atoms with Gasteiger partial charge < -0.3 is 10.5 Å². The molecule has 1 aromatic heterocycles. The lowest BCUT2D eigenvalue weighted by Crippen LogP contribution is -1.99. The summed E-state index contributed by atoms with van der Waals surface area (Å²) in [5, 5.41) is 0. The first-order valence-corrected chi connectivity index (χ1v) is 5.04. The Morgan fingerprint density at radius 2 is 2.06 bits per heavy atom. The van der Waals surface area contributed by atoms with E-state index >= 15 is 0 Å². The predicted molar refractivity (Wildman–Crippen MR) is 63.1 cm³/mol. The fraction of sp³-hybridized carbons (Fsp3) is 0.167. The molecule has 0 amide bonds. The Morgan fingerprint density at radius 3 is 2.65 bits per heavy atom. The van der Waals surface area contributed by atoms with Gasteiger partial charge in [0.1, 0.15) is 12.1 Å². The topological polar surface area (TPSA) is 61.0 Å². The zero-order valence-electron chi connectivity index (χ0n) is 9.57. The van der Waals surface area contributed by atoms with Crippen molar-refractivity contribution in [2.24, 2.45) is 0 Å². The van der Waals surface area contributed by atoms with Crippen molar-refractivity contribution in [1.29, 1.82) is 0 Å². The lowest BCUT2D eigenvalue weighted by atomic mass is 10.0. The molecule has 0 saturated heterocycles. The van der Waals surface area contributed by atoms with Gasteiger partial charge >= 0.3 is 0 Å². The summed E-state index contributed by atoms with van der Waals surface area (Å²) in [6, 6.07) is 4.64. The van der Waals surface area contributed by atoms with Gasteiger partial charge in [-0.25, -0.2) is 14.4 Å². The molecule has 0 bridgehead atoms. The molecule has 2 rings (SSSR count). The summed E-state index contributed by atoms with van der Waals surface area (Å²) in [5.41, 5.74) is 7.76. The number of benzene rings is 1. The van der Waals surface area contributed by atoms with E-state index in [1.807, 2.05) is 0 Å². The van der Waals surface area contributed by atoms with Gasteiger partial charge in [0.15, 0.2) is 11.6 Å². The Balaban J connectivity index is 2.57. The number of aryl methyl sites for hydroxylation is 1. The van der Waals surface area contributed by atoms with E-state index in [0.717, 1.165) is 0 Å². The third-order valence-electron chi connectivity index (χ3n) is 2.51. The van der Waals surface area contributed by atoms with E-state index in [9.17, 15) is 4.39 Å². The third-order valence-corrected chi connectivity index (χ3v) is 2.51. The van der Waals surface area contributed by atoms with Crippen LogP contribution < -0.4 is 10.5 Å². The first kappa shape index (κ1) is 11.3. The van der Waals surface area contributed by atoms with Crippen LogP contribution in [0.3, 0.4) is 0 Å². The average molecular weight is 233 g/mol. The average Bonchev–Trinajstić information content (AvgIpc) is 2.29. The molecule has 0 unspecified atom stereocenters. The molecule has 0 saturated carbocycles. The molecule has 2 N–H and O–H groups in total. The SMILES string of the molecule is COc1ccc(-c2c(C)ncnc2N)cc1F. The molecule has 0 atom stereocenters. The van der Waals surface area contributed by atoms with Crippen LogP contribution in [-0.2, 0) is 0 Å². The number of methoxy groups -OCH3 is 1. The van der Waals surface area contributed by atoms with Gasteiger partial charge in [-0.05, 0) is 24.6 Å². The van der Waals surface area contributed by atoms with Gasteiger partial charge in [-0.1, -0.05) is 6.07 Å². The minimum absolute atomic E-state index is 0.196. The van der Waals surface area contributed by atoms with Crippen LogP contribution in [0.4, 0.5) is 10.2 Å². The molecule has 5 heteroatoms. The second-order valence-electron chi connectivity index (χ2n) is 3.57. The lowest BCUT2D eigenvalue weighted by molar-refractivity contribution is 0.386. The van der Waals surface area contributed by atoms with Crippen molar-refractivity contribution in [3.8, 4) is 16.9 Å². The van der Waals surface area contributed by atoms with Crippen LogP contribution in [-0.4, -0.2) is 17.1 Å². The van der Waals surface area contributed by atoms with Crippen LogP contribution >= 0.6 is 0 Å². The first-order valence-electron chi connectivity index (χ1n) is 5.04. The van der Waals surface area contributed by atoms with Gasteiger partial charge in [-0.3, -0.25) is 0 Å². The Morgan fingerprint density at radius 1 is 1.29 bits per heavy atom. The molecule has 0 aliphatic heterocycles. The number of nitrogens with two attached hydrogens (primary N) is 1. The summed E-state index contributed by atoms with van der Waals surface area (Å²) < 4.78 is 18.5. The molecule has 2 aromatic rings. The highest BCUT2D eigenvalue weighted by Gasteiger charge is 2.11. The van der Waals surface area contributed by atoms with E-state index in [1.54, 1.807) is 19.1 Å². The predicted octanol–water partition coefficient (Wildman–Crippen LogP) is 2.18. The molecule has 88 valence electrons. The maximum atomic E-state index is 13.6. The monoisotopic (exact) mass is 233 g/mol. The number of nitrogen functional groups attached to an aromatic ring is 1. The molecule has 0 aliphatic carbocycles. The second kappa shape index (κ2) is 4.37. The number of hydrogen-bond donors (Lipinski definition) is 1. The van der Waals surface area contributed by atoms with Gasteiger partial charge in [0.2, 0.25) is 0 Å². The summed E-state index contributed by atoms with van der Waals surface area (Å²) in [6.07, 6.45) is 1.38. The van der Waals surface area contributed by atoms with Crippen molar-refractivity contribution >= 4 is 5.82 Å². The maximum absolute atomic E-state index is 13.6. The highest BCUT2D eigenvalue weighted by Crippen LogP contribution is 2.29. The first-order chi connectivity index (χ1) is 8.13. The number of ether oxygens (including phenoxy) is 1. The summed E-state index contributed by atoms with van der Waals surface area (Å²) in [7, 11) is 1.42. The summed E-state index contributed by atoms with van der Waals surface area (Å²) >= 11 is 0. The van der Waals surface area contributed by atoms with Crippen LogP contribution in [0.1, 0.15) is 5.69 Å². The van der Waals surface area contributed by atoms with Crippen molar-refractivity contribution in [2.75, 3.05) is 12.8 Å². The van der Waals surface area contributed by atoms with E-state index in [-0.39, 0.29) is 5.75 Å². The van der Waals surface area contributed by atoms with Crippen LogP contribution in [0.5, 0.6) is 5.75 Å². The molecule has 0 aliphatic rings. The molecule has 0 radical (unpaired) electrons. The summed E-state index contributed by atoms with van der Waals surface area (Å²) in [4.78, 5) is 7.95. The summed E-state index contributed by atoms with van der Waals surface area (Å²) in [6.45, 7) is 1.80. The Bertz CT molecular complexity index is 537. The molecule has 1 aromatic carbocycles. The maximum Gasteiger partial charge on any atom is 0.165 e. The second-order valence-corrected chi connectivity index (χ2v) is 3.57. The van der Waals surface area contributed by atoms with Gasteiger partial charge in [0, 0.05) is 5.56 Å². The standard InChI is InChI=1S/C12H12FN3O/c1-7-11(12(14)16-6-15-7)8-3-4-10(17-2)9(13)5-8/h3-6H,1-2H3,(H2,14,15,16). The van der Waals surface area contributed by atoms with Crippen molar-refractivity contribution in [3.63, 3.8) is 0 Å². The number of aromatic nitrogens is 2. The third kappa shape index (κ3) is 2.04. The van der Waals surface area contributed by atoms with Gasteiger partial charge in [0.25, 0.3) is 0 Å². The quantitative estimate of drug-likeness (QED) is 0.863. The minimum atomic E-state index is -0.437. The molecule has 1 heterocycles. The number of anilines is 1. The molecule has 17 heavy (non-hydrogen) atoms. The number of halogens is 1. The van der Waals surface area contributed by atoms with Crippen molar-refractivity contribution in [3.05, 3.63) is 36.0 Å². The van der Waals surface area contributed by atoms with Crippen molar-refractivity contribution < 1.29 is 9.13 Å². The zero-order valence-corrected chi connectivity index (χ0v) is 9.57. The minimum Gasteiger partial charge on any atom is -0.494 e. The fourth-order valence-electron chi connectivity index (χ4n) is 1.67. The molecule has 4 nitrogen and oxygen atoms in total. The highest BCUT2D eigenvalue weighted by atomic mass is 19.1. The van der Waals surface area contributed by atoms with E-state index in [0.29, 0.717) is 22.6 Å². The van der Waals surface area contributed by atoms with E-state index < -0.39 is 5.82 Å². The molecule has 0 fully saturated rings.